The van der Waals surface area contributed by atoms with Gasteiger partial charge in [0.15, 0.2) is 5.78 Å². The Morgan fingerprint density at radius 3 is 2.58 bits per heavy atom. The second-order valence-electron chi connectivity index (χ2n) is 2.34. The van der Waals surface area contributed by atoms with E-state index in [-0.39, 0.29) is 18.0 Å². The van der Waals surface area contributed by atoms with Gasteiger partial charge >= 0.3 is 0 Å². The van der Waals surface area contributed by atoms with Crippen molar-refractivity contribution in [1.29, 1.82) is 0 Å². The predicted molar refractivity (Wildman–Crippen MR) is 48.3 cm³/mol. The van der Waals surface area contributed by atoms with Gasteiger partial charge in [-0.05, 0) is 6.92 Å². The fourth-order valence-electron chi connectivity index (χ4n) is 0.654. The minimum atomic E-state index is -0.297. The Hall–Kier alpha value is -1.35. The van der Waals surface area contributed by atoms with Crippen molar-refractivity contribution in [1.82, 2.24) is 0 Å². The summed E-state index contributed by atoms with van der Waals surface area (Å²) in [5, 5.41) is 8.73. The van der Waals surface area contributed by atoms with Crippen LogP contribution in [0.25, 0.3) is 0 Å². The molecule has 0 amide bonds. The Morgan fingerprint density at radius 2 is 2.25 bits per heavy atom. The lowest BCUT2D eigenvalue weighted by Crippen LogP contribution is -2.05. The number of aliphatic hydroxyl groups is 1. The molecule has 0 fully saturated rings. The molecule has 3 N–H and O–H groups in total. The van der Waals surface area contributed by atoms with Crippen molar-refractivity contribution >= 4 is 5.78 Å². The normalized spacial score (nSPS) is 12.8. The Bertz CT molecular complexity index is 235. The minimum Gasteiger partial charge on any atom is -0.402 e. The molecular formula is C9H13NO2. The van der Waals surface area contributed by atoms with Gasteiger partial charge in [-0.2, -0.15) is 0 Å². The number of hydrogen-bond acceptors (Lipinski definition) is 3. The number of allylic oxidation sites excluding steroid dienone is 4. The maximum Gasteiger partial charge on any atom is 0.185 e. The quantitative estimate of drug-likeness (QED) is 0.474. The molecule has 0 spiro atoms. The van der Waals surface area contributed by atoms with Gasteiger partial charge < -0.3 is 10.8 Å². The van der Waals surface area contributed by atoms with Gasteiger partial charge in [-0.15, -0.1) is 0 Å². The summed E-state index contributed by atoms with van der Waals surface area (Å²) in [4.78, 5) is 11.1. The summed E-state index contributed by atoms with van der Waals surface area (Å²) in [5.74, 6) is -0.280. The molecule has 0 unspecified atom stereocenters. The average molecular weight is 167 g/mol. The Labute approximate surface area is 71.9 Å². The molecular weight excluding hydrogens is 154 g/mol. The summed E-state index contributed by atoms with van der Waals surface area (Å²) in [6.07, 6.45) is 4.18. The van der Waals surface area contributed by atoms with Gasteiger partial charge in [-0.1, -0.05) is 18.7 Å². The highest BCUT2D eigenvalue weighted by molar-refractivity contribution is 6.04. The lowest BCUT2D eigenvalue weighted by molar-refractivity contribution is -0.111. The topological polar surface area (TPSA) is 63.3 Å². The molecule has 0 aromatic heterocycles. The molecule has 3 nitrogen and oxygen atoms in total. The number of carbonyl (C=O) groups excluding carboxylic acids is 1. The van der Waals surface area contributed by atoms with Crippen LogP contribution in [0.3, 0.4) is 0 Å². The number of carbonyl (C=O) groups is 1. The van der Waals surface area contributed by atoms with Crippen LogP contribution in [-0.4, -0.2) is 17.5 Å². The number of rotatable bonds is 4. The third kappa shape index (κ3) is 3.73. The lowest BCUT2D eigenvalue weighted by atomic mass is 10.1. The van der Waals surface area contributed by atoms with Crippen LogP contribution in [0.2, 0.25) is 0 Å². The molecule has 0 rings (SSSR count). The fourth-order valence-corrected chi connectivity index (χ4v) is 0.654. The van der Waals surface area contributed by atoms with Gasteiger partial charge in [-0.25, -0.2) is 0 Å². The Morgan fingerprint density at radius 1 is 1.67 bits per heavy atom. The first-order valence-corrected chi connectivity index (χ1v) is 3.52. The molecule has 0 aliphatic rings. The number of ketones is 1. The maximum atomic E-state index is 11.1. The van der Waals surface area contributed by atoms with E-state index >= 15 is 0 Å². The third-order valence-electron chi connectivity index (χ3n) is 1.16. The van der Waals surface area contributed by atoms with Gasteiger partial charge in [-0.3, -0.25) is 4.79 Å². The maximum absolute atomic E-state index is 11.1. The summed E-state index contributed by atoms with van der Waals surface area (Å²) in [6, 6.07) is 0. The molecule has 0 radical (unpaired) electrons. The monoisotopic (exact) mass is 167 g/mol. The van der Waals surface area contributed by atoms with Crippen LogP contribution < -0.4 is 5.73 Å². The zero-order valence-corrected chi connectivity index (χ0v) is 7.08. The fraction of sp³-hybridized carbons (Fsp3) is 0.222. The smallest absolute Gasteiger partial charge is 0.185 e. The first kappa shape index (κ1) is 10.7. The lowest BCUT2D eigenvalue weighted by Gasteiger charge is -1.97. The largest absolute Gasteiger partial charge is 0.402 e. The van der Waals surface area contributed by atoms with Crippen LogP contribution in [-0.2, 0) is 4.79 Å². The van der Waals surface area contributed by atoms with Crippen LogP contribution in [0.15, 0.2) is 36.1 Å². The molecule has 0 saturated carbocycles. The second kappa shape index (κ2) is 5.32. The van der Waals surface area contributed by atoms with Gasteiger partial charge in [0.1, 0.15) is 0 Å². The highest BCUT2D eigenvalue weighted by Crippen LogP contribution is 1.98. The van der Waals surface area contributed by atoms with E-state index in [0.29, 0.717) is 5.70 Å². The Kier molecular flexibility index (Phi) is 4.72. The SMILES string of the molecule is C=C/C=C(/CO)C(=O)C=C(C)N. The molecule has 3 heteroatoms. The first-order chi connectivity index (χ1) is 5.61. The summed E-state index contributed by atoms with van der Waals surface area (Å²) < 4.78 is 0. The molecule has 66 valence electrons. The molecule has 12 heavy (non-hydrogen) atoms. The summed E-state index contributed by atoms with van der Waals surface area (Å²) >= 11 is 0. The van der Waals surface area contributed by atoms with Crippen molar-refractivity contribution in [2.45, 2.75) is 6.92 Å². The molecule has 0 bridgehead atoms. The minimum absolute atomic E-state index is 0.280. The Balaban J connectivity index is 4.54. The first-order valence-electron chi connectivity index (χ1n) is 3.52. The van der Waals surface area contributed by atoms with E-state index in [1.165, 1.54) is 18.2 Å². The summed E-state index contributed by atoms with van der Waals surface area (Å²) in [6.45, 7) is 4.73. The van der Waals surface area contributed by atoms with Crippen LogP contribution in [0.4, 0.5) is 0 Å². The van der Waals surface area contributed by atoms with Gasteiger partial charge in [0.2, 0.25) is 0 Å². The van der Waals surface area contributed by atoms with E-state index in [9.17, 15) is 4.79 Å². The van der Waals surface area contributed by atoms with E-state index in [0.717, 1.165) is 0 Å². The van der Waals surface area contributed by atoms with E-state index < -0.39 is 0 Å². The number of aliphatic hydroxyl groups excluding tert-OH is 1. The third-order valence-corrected chi connectivity index (χ3v) is 1.16. The van der Waals surface area contributed by atoms with Crippen LogP contribution in [0.1, 0.15) is 6.92 Å². The molecule has 0 aromatic carbocycles. The average Bonchev–Trinajstić information content (AvgIpc) is 1.98. The zero-order valence-electron chi connectivity index (χ0n) is 7.08. The predicted octanol–water partition coefficient (Wildman–Crippen LogP) is 0.523. The van der Waals surface area contributed by atoms with E-state index in [4.69, 9.17) is 10.8 Å². The second-order valence-corrected chi connectivity index (χ2v) is 2.34. The van der Waals surface area contributed by atoms with Crippen molar-refractivity contribution in [3.8, 4) is 0 Å². The van der Waals surface area contributed by atoms with Gasteiger partial charge in [0.25, 0.3) is 0 Å². The highest BCUT2D eigenvalue weighted by atomic mass is 16.3. The molecule has 0 aromatic rings. The molecule has 0 atom stereocenters. The van der Waals surface area contributed by atoms with Crippen molar-refractivity contribution in [3.05, 3.63) is 36.1 Å². The number of nitrogens with two attached hydrogens (primary N) is 1. The van der Waals surface area contributed by atoms with Crippen molar-refractivity contribution in [2.24, 2.45) is 5.73 Å². The molecule has 0 heterocycles. The van der Waals surface area contributed by atoms with E-state index in [1.54, 1.807) is 6.92 Å². The van der Waals surface area contributed by atoms with E-state index in [2.05, 4.69) is 6.58 Å². The molecule has 0 aliphatic heterocycles. The standard InChI is InChI=1S/C9H13NO2/c1-3-4-8(6-11)9(12)5-7(2)10/h3-5,11H,1,6,10H2,2H3/b7-5?,8-4-. The van der Waals surface area contributed by atoms with Crippen LogP contribution >= 0.6 is 0 Å². The van der Waals surface area contributed by atoms with Crippen molar-refractivity contribution in [3.63, 3.8) is 0 Å². The van der Waals surface area contributed by atoms with E-state index in [1.807, 2.05) is 0 Å². The van der Waals surface area contributed by atoms with Crippen molar-refractivity contribution in [2.75, 3.05) is 6.61 Å². The number of hydrogen-bond donors (Lipinski definition) is 2. The molecule has 0 saturated heterocycles. The highest BCUT2D eigenvalue weighted by Gasteiger charge is 2.03. The van der Waals surface area contributed by atoms with Crippen molar-refractivity contribution < 1.29 is 9.90 Å². The van der Waals surface area contributed by atoms with Crippen LogP contribution in [0, 0.1) is 0 Å². The summed E-state index contributed by atoms with van der Waals surface area (Å²) in [5.41, 5.74) is 5.99. The van der Waals surface area contributed by atoms with Gasteiger partial charge in [0, 0.05) is 17.3 Å². The summed E-state index contributed by atoms with van der Waals surface area (Å²) in [7, 11) is 0. The zero-order chi connectivity index (χ0) is 9.56. The van der Waals surface area contributed by atoms with Gasteiger partial charge in [0.05, 0.1) is 6.61 Å². The molecule has 0 aliphatic carbocycles. The van der Waals surface area contributed by atoms with Crippen LogP contribution in [0.5, 0.6) is 0 Å².